The van der Waals surface area contributed by atoms with Gasteiger partial charge in [0.05, 0.1) is 17.3 Å². The highest BCUT2D eigenvalue weighted by Gasteiger charge is 2.14. The molecular weight excluding hydrogens is 414 g/mol. The van der Waals surface area contributed by atoms with Crippen molar-refractivity contribution >= 4 is 39.6 Å². The molecule has 8 heteroatoms. The van der Waals surface area contributed by atoms with Crippen LogP contribution in [0.25, 0.3) is 0 Å². The molecule has 0 radical (unpaired) electrons. The Morgan fingerprint density at radius 1 is 1.22 bits per heavy atom. The summed E-state index contributed by atoms with van der Waals surface area (Å²) < 4.78 is 5.74. The molecule has 142 valence electrons. The number of ether oxygens (including phenoxy) is 1. The minimum Gasteiger partial charge on any atom is -0.503 e. The first kappa shape index (κ1) is 20.4. The van der Waals surface area contributed by atoms with E-state index in [0.717, 1.165) is 11.1 Å². The van der Waals surface area contributed by atoms with Gasteiger partial charge in [0.25, 0.3) is 0 Å². The van der Waals surface area contributed by atoms with Crippen LogP contribution in [0.2, 0.25) is 0 Å². The minimum atomic E-state index is -0.894. The van der Waals surface area contributed by atoms with Crippen LogP contribution in [0.3, 0.4) is 0 Å². The standard InChI is InChI=1S/C19H20BrN3O4/c1-4-27-16-9-13(8-14(20)17(16)24)10-21-23-19(26)18(25)22-15-6-5-11(2)7-12(15)3/h5-10,24H,4H2,1-3H3,(H,22,25)(H,23,26)/b21-10+. The van der Waals surface area contributed by atoms with Gasteiger partial charge in [-0.15, -0.1) is 0 Å². The zero-order chi connectivity index (χ0) is 20.0. The SMILES string of the molecule is CCOc1cc(/C=N/NC(=O)C(=O)Nc2ccc(C)cc2C)cc(Br)c1O. The summed E-state index contributed by atoms with van der Waals surface area (Å²) in [6.45, 7) is 5.97. The molecule has 0 heterocycles. The first-order valence-corrected chi connectivity index (χ1v) is 8.98. The number of aryl methyl sites for hydroxylation is 2. The zero-order valence-corrected chi connectivity index (χ0v) is 16.8. The lowest BCUT2D eigenvalue weighted by molar-refractivity contribution is -0.136. The highest BCUT2D eigenvalue weighted by molar-refractivity contribution is 9.10. The number of hydrazone groups is 1. The monoisotopic (exact) mass is 433 g/mol. The van der Waals surface area contributed by atoms with E-state index in [2.05, 4.69) is 31.8 Å². The van der Waals surface area contributed by atoms with Gasteiger partial charge in [0.2, 0.25) is 0 Å². The van der Waals surface area contributed by atoms with Crippen LogP contribution in [0.4, 0.5) is 5.69 Å². The average molecular weight is 434 g/mol. The molecule has 2 amide bonds. The molecule has 2 aromatic carbocycles. The lowest BCUT2D eigenvalue weighted by atomic mass is 10.1. The van der Waals surface area contributed by atoms with Gasteiger partial charge < -0.3 is 15.2 Å². The van der Waals surface area contributed by atoms with Gasteiger partial charge in [0.1, 0.15) is 0 Å². The molecule has 0 unspecified atom stereocenters. The van der Waals surface area contributed by atoms with E-state index in [-0.39, 0.29) is 11.5 Å². The Labute approximate surface area is 165 Å². The second-order valence-electron chi connectivity index (χ2n) is 5.75. The fraction of sp³-hybridized carbons (Fsp3) is 0.211. The number of hydrogen-bond acceptors (Lipinski definition) is 5. The molecule has 0 spiro atoms. The Balaban J connectivity index is 2.01. The van der Waals surface area contributed by atoms with E-state index in [1.807, 2.05) is 26.0 Å². The van der Waals surface area contributed by atoms with Crippen molar-refractivity contribution in [2.75, 3.05) is 11.9 Å². The summed E-state index contributed by atoms with van der Waals surface area (Å²) in [6.07, 6.45) is 1.34. The third-order valence-electron chi connectivity index (χ3n) is 3.57. The maximum atomic E-state index is 12.0. The van der Waals surface area contributed by atoms with Gasteiger partial charge in [-0.2, -0.15) is 5.10 Å². The Morgan fingerprint density at radius 2 is 1.96 bits per heavy atom. The lowest BCUT2D eigenvalue weighted by Crippen LogP contribution is -2.32. The van der Waals surface area contributed by atoms with Crippen LogP contribution in [0.15, 0.2) is 39.9 Å². The summed E-state index contributed by atoms with van der Waals surface area (Å²) in [5, 5.41) is 16.2. The molecule has 0 fully saturated rings. The van der Waals surface area contributed by atoms with Crippen molar-refractivity contribution < 1.29 is 19.4 Å². The number of phenolic OH excluding ortho intramolecular Hbond substituents is 1. The number of hydrogen-bond donors (Lipinski definition) is 3. The molecule has 0 aliphatic carbocycles. The van der Waals surface area contributed by atoms with Crippen molar-refractivity contribution in [1.82, 2.24) is 5.43 Å². The van der Waals surface area contributed by atoms with Crippen LogP contribution < -0.4 is 15.5 Å². The van der Waals surface area contributed by atoms with Crippen LogP contribution in [-0.4, -0.2) is 29.7 Å². The molecule has 0 aromatic heterocycles. The van der Waals surface area contributed by atoms with Gasteiger partial charge in [-0.3, -0.25) is 9.59 Å². The van der Waals surface area contributed by atoms with Gasteiger partial charge >= 0.3 is 11.8 Å². The minimum absolute atomic E-state index is 0.0223. The molecule has 2 rings (SSSR count). The smallest absolute Gasteiger partial charge is 0.329 e. The summed E-state index contributed by atoms with van der Waals surface area (Å²) in [6, 6.07) is 8.65. The van der Waals surface area contributed by atoms with E-state index in [4.69, 9.17) is 4.74 Å². The third-order valence-corrected chi connectivity index (χ3v) is 4.17. The number of nitrogens with one attached hydrogen (secondary N) is 2. The number of anilines is 1. The topological polar surface area (TPSA) is 100 Å². The average Bonchev–Trinajstić information content (AvgIpc) is 2.61. The van der Waals surface area contributed by atoms with E-state index < -0.39 is 11.8 Å². The summed E-state index contributed by atoms with van der Waals surface area (Å²) >= 11 is 3.22. The van der Waals surface area contributed by atoms with E-state index in [1.54, 1.807) is 25.1 Å². The molecule has 0 saturated carbocycles. The molecule has 0 aliphatic heterocycles. The number of amides is 2. The summed E-state index contributed by atoms with van der Waals surface area (Å²) in [7, 11) is 0. The number of carbonyl (C=O) groups excluding carboxylic acids is 2. The first-order valence-electron chi connectivity index (χ1n) is 8.18. The number of halogens is 1. The number of rotatable bonds is 5. The summed E-state index contributed by atoms with van der Waals surface area (Å²) in [5.41, 5.74) is 5.22. The largest absolute Gasteiger partial charge is 0.503 e. The molecule has 3 N–H and O–H groups in total. The van der Waals surface area contributed by atoms with Gasteiger partial charge in [-0.1, -0.05) is 17.7 Å². The number of carbonyl (C=O) groups is 2. The van der Waals surface area contributed by atoms with E-state index >= 15 is 0 Å². The van der Waals surface area contributed by atoms with Crippen molar-refractivity contribution in [3.8, 4) is 11.5 Å². The third kappa shape index (κ3) is 5.55. The molecule has 27 heavy (non-hydrogen) atoms. The molecule has 0 aliphatic rings. The first-order chi connectivity index (χ1) is 12.8. The van der Waals surface area contributed by atoms with Crippen LogP contribution in [0.1, 0.15) is 23.6 Å². The van der Waals surface area contributed by atoms with E-state index in [9.17, 15) is 14.7 Å². The Bertz CT molecular complexity index is 897. The van der Waals surface area contributed by atoms with E-state index in [1.165, 1.54) is 6.21 Å². The predicted octanol–water partition coefficient (Wildman–Crippen LogP) is 3.26. The van der Waals surface area contributed by atoms with Crippen LogP contribution in [-0.2, 0) is 9.59 Å². The second-order valence-corrected chi connectivity index (χ2v) is 6.61. The Morgan fingerprint density at radius 3 is 2.63 bits per heavy atom. The Hall–Kier alpha value is -2.87. The van der Waals surface area contributed by atoms with E-state index in [0.29, 0.717) is 22.3 Å². The second kappa shape index (κ2) is 9.18. The quantitative estimate of drug-likeness (QED) is 0.382. The number of aromatic hydroxyl groups is 1. The van der Waals surface area contributed by atoms with Crippen LogP contribution in [0, 0.1) is 13.8 Å². The lowest BCUT2D eigenvalue weighted by Gasteiger charge is -2.09. The molecule has 7 nitrogen and oxygen atoms in total. The summed E-state index contributed by atoms with van der Waals surface area (Å²) in [5.74, 6) is -1.45. The normalized spacial score (nSPS) is 10.7. The van der Waals surface area contributed by atoms with Gasteiger partial charge in [0, 0.05) is 5.69 Å². The molecule has 0 bridgehead atoms. The van der Waals surface area contributed by atoms with Crippen LogP contribution >= 0.6 is 15.9 Å². The molecule has 0 atom stereocenters. The maximum absolute atomic E-state index is 12.0. The van der Waals surface area contributed by atoms with Crippen molar-refractivity contribution in [3.05, 3.63) is 51.5 Å². The predicted molar refractivity (Wildman–Crippen MR) is 107 cm³/mol. The van der Waals surface area contributed by atoms with Crippen molar-refractivity contribution in [1.29, 1.82) is 0 Å². The zero-order valence-electron chi connectivity index (χ0n) is 15.2. The number of phenols is 1. The van der Waals surface area contributed by atoms with Gasteiger partial charge in [0.15, 0.2) is 11.5 Å². The van der Waals surface area contributed by atoms with Crippen molar-refractivity contribution in [2.45, 2.75) is 20.8 Å². The van der Waals surface area contributed by atoms with Gasteiger partial charge in [-0.05, 0) is 66.0 Å². The van der Waals surface area contributed by atoms with Crippen molar-refractivity contribution in [2.24, 2.45) is 5.10 Å². The highest BCUT2D eigenvalue weighted by Crippen LogP contribution is 2.35. The fourth-order valence-corrected chi connectivity index (χ4v) is 2.74. The molecular formula is C19H20BrN3O4. The molecule has 0 saturated heterocycles. The summed E-state index contributed by atoms with van der Waals surface area (Å²) in [4.78, 5) is 23.9. The van der Waals surface area contributed by atoms with Gasteiger partial charge in [-0.25, -0.2) is 5.43 Å². The van der Waals surface area contributed by atoms with Crippen molar-refractivity contribution in [3.63, 3.8) is 0 Å². The number of nitrogens with zero attached hydrogens (tertiary/aromatic N) is 1. The molecule has 2 aromatic rings. The highest BCUT2D eigenvalue weighted by atomic mass is 79.9. The maximum Gasteiger partial charge on any atom is 0.329 e. The number of benzene rings is 2. The Kier molecular flexibility index (Phi) is 6.95. The fourth-order valence-electron chi connectivity index (χ4n) is 2.28. The van der Waals surface area contributed by atoms with Crippen LogP contribution in [0.5, 0.6) is 11.5 Å².